The molecule has 0 saturated heterocycles. The van der Waals surface area contributed by atoms with Gasteiger partial charge < -0.3 is 10.2 Å². The smallest absolute Gasteiger partial charge is 0.244 e. The van der Waals surface area contributed by atoms with E-state index in [-0.39, 0.29) is 18.9 Å². The summed E-state index contributed by atoms with van der Waals surface area (Å²) < 4.78 is 28.2. The molecule has 0 saturated carbocycles. The molecule has 0 heterocycles. The number of carbonyl (C=O) groups is 2. The lowest BCUT2D eigenvalue weighted by molar-refractivity contribution is -0.140. The fraction of sp³-hybridized carbons (Fsp3) is 0.310. The molecule has 7 nitrogen and oxygen atoms in total. The van der Waals surface area contributed by atoms with E-state index in [0.717, 1.165) is 39.0 Å². The third kappa shape index (κ3) is 9.19. The number of anilines is 1. The van der Waals surface area contributed by atoms with Crippen molar-refractivity contribution in [3.05, 3.63) is 98.9 Å². The van der Waals surface area contributed by atoms with Gasteiger partial charge in [0.15, 0.2) is 0 Å². The lowest BCUT2D eigenvalue weighted by atomic mass is 10.0. The third-order valence-corrected chi connectivity index (χ3v) is 8.43. The average molecular weight is 679 g/mol. The summed E-state index contributed by atoms with van der Waals surface area (Å²) in [6.07, 6.45) is 3.08. The second-order valence-corrected chi connectivity index (χ2v) is 12.9. The summed E-state index contributed by atoms with van der Waals surface area (Å²) >= 11 is 6.89. The molecular formula is C29H33Br2N3O4S. The van der Waals surface area contributed by atoms with E-state index in [4.69, 9.17) is 0 Å². The molecule has 10 heteroatoms. The summed E-state index contributed by atoms with van der Waals surface area (Å²) in [6.45, 7) is 2.21. The number of hydrogen-bond acceptors (Lipinski definition) is 4. The quantitative estimate of drug-likeness (QED) is 0.241. The van der Waals surface area contributed by atoms with Crippen LogP contribution >= 0.6 is 31.9 Å². The van der Waals surface area contributed by atoms with Gasteiger partial charge in [-0.1, -0.05) is 83.9 Å². The van der Waals surface area contributed by atoms with E-state index in [1.807, 2.05) is 61.5 Å². The maximum Gasteiger partial charge on any atom is 0.244 e. The van der Waals surface area contributed by atoms with E-state index in [1.165, 1.54) is 4.90 Å². The number of sulfonamides is 1. The van der Waals surface area contributed by atoms with Crippen LogP contribution in [0.4, 0.5) is 5.69 Å². The normalized spacial score (nSPS) is 12.0. The van der Waals surface area contributed by atoms with Gasteiger partial charge in [0, 0.05) is 28.5 Å². The highest BCUT2D eigenvalue weighted by Gasteiger charge is 2.33. The van der Waals surface area contributed by atoms with E-state index >= 15 is 0 Å². The molecule has 0 aliphatic heterocycles. The van der Waals surface area contributed by atoms with Crippen LogP contribution in [0.2, 0.25) is 0 Å². The number of rotatable bonds is 13. The topological polar surface area (TPSA) is 86.8 Å². The van der Waals surface area contributed by atoms with E-state index in [9.17, 15) is 18.0 Å². The molecule has 39 heavy (non-hydrogen) atoms. The predicted molar refractivity (Wildman–Crippen MR) is 163 cm³/mol. The van der Waals surface area contributed by atoms with Crippen LogP contribution in [0.1, 0.15) is 30.9 Å². The van der Waals surface area contributed by atoms with Crippen LogP contribution in [0, 0.1) is 0 Å². The second kappa shape index (κ2) is 14.6. The van der Waals surface area contributed by atoms with Gasteiger partial charge >= 0.3 is 0 Å². The van der Waals surface area contributed by atoms with Crippen molar-refractivity contribution in [2.75, 3.05) is 23.7 Å². The van der Waals surface area contributed by atoms with Gasteiger partial charge in [0.25, 0.3) is 0 Å². The first kappa shape index (κ1) is 30.8. The standard InChI is InChI=1S/C29H33Br2N3O4S/c1-3-4-17-32-29(36)27(19-22-11-6-5-7-12-22)33(20-23-13-10-14-24(30)18-23)28(35)21-34(39(2,37)38)26-16-9-8-15-25(26)31/h5-16,18,27H,3-4,17,19-21H2,1-2H3,(H,32,36). The Morgan fingerprint density at radius 1 is 0.923 bits per heavy atom. The Labute approximate surface area is 247 Å². The maximum atomic E-state index is 14.1. The maximum absolute atomic E-state index is 14.1. The molecule has 0 fully saturated rings. The predicted octanol–water partition coefficient (Wildman–Crippen LogP) is 5.53. The fourth-order valence-corrected chi connectivity index (χ4v) is 6.07. The molecule has 0 bridgehead atoms. The summed E-state index contributed by atoms with van der Waals surface area (Å²) in [4.78, 5) is 29.1. The molecule has 3 rings (SSSR count). The van der Waals surface area contributed by atoms with Gasteiger partial charge in [-0.2, -0.15) is 0 Å². The van der Waals surface area contributed by atoms with Crippen molar-refractivity contribution in [1.82, 2.24) is 10.2 Å². The Morgan fingerprint density at radius 3 is 2.23 bits per heavy atom. The third-order valence-electron chi connectivity index (χ3n) is 6.14. The van der Waals surface area contributed by atoms with Crippen LogP contribution in [0.5, 0.6) is 0 Å². The number of hydrogen-bond donors (Lipinski definition) is 1. The number of carbonyl (C=O) groups excluding carboxylic acids is 2. The molecule has 0 aromatic heterocycles. The molecule has 0 aliphatic carbocycles. The number of para-hydroxylation sites is 1. The Hall–Kier alpha value is -2.69. The zero-order valence-corrected chi connectivity index (χ0v) is 26.0. The van der Waals surface area contributed by atoms with Crippen LogP contribution < -0.4 is 9.62 Å². The number of nitrogens with zero attached hydrogens (tertiary/aromatic N) is 2. The molecule has 0 radical (unpaired) electrons. The van der Waals surface area contributed by atoms with Crippen molar-refractivity contribution in [3.8, 4) is 0 Å². The van der Waals surface area contributed by atoms with Crippen LogP contribution in [0.3, 0.4) is 0 Å². The molecule has 3 aromatic rings. The van der Waals surface area contributed by atoms with Crippen LogP contribution in [-0.2, 0) is 32.6 Å². The highest BCUT2D eigenvalue weighted by atomic mass is 79.9. The summed E-state index contributed by atoms with van der Waals surface area (Å²) in [5.74, 6) is -0.759. The van der Waals surface area contributed by atoms with E-state index in [2.05, 4.69) is 37.2 Å². The number of unbranched alkanes of at least 4 members (excludes halogenated alkanes) is 1. The van der Waals surface area contributed by atoms with E-state index < -0.39 is 28.5 Å². The molecule has 1 N–H and O–H groups in total. The first-order chi connectivity index (χ1) is 18.6. The molecule has 2 amide bonds. The average Bonchev–Trinajstić information content (AvgIpc) is 2.90. The van der Waals surface area contributed by atoms with Gasteiger partial charge in [-0.3, -0.25) is 13.9 Å². The van der Waals surface area contributed by atoms with Gasteiger partial charge in [-0.25, -0.2) is 8.42 Å². The largest absolute Gasteiger partial charge is 0.354 e. The second-order valence-electron chi connectivity index (χ2n) is 9.22. The van der Waals surface area contributed by atoms with Gasteiger partial charge in [0.05, 0.1) is 11.9 Å². The molecule has 208 valence electrons. The minimum Gasteiger partial charge on any atom is -0.354 e. The van der Waals surface area contributed by atoms with Crippen LogP contribution in [0.15, 0.2) is 87.8 Å². The van der Waals surface area contributed by atoms with Crippen LogP contribution in [0.25, 0.3) is 0 Å². The molecule has 3 aromatic carbocycles. The first-order valence-corrected chi connectivity index (χ1v) is 16.1. The molecular weight excluding hydrogens is 646 g/mol. The molecule has 1 unspecified atom stereocenters. The number of amides is 2. The number of benzene rings is 3. The Balaban J connectivity index is 2.04. The minimum atomic E-state index is -3.82. The lowest BCUT2D eigenvalue weighted by Gasteiger charge is -2.33. The van der Waals surface area contributed by atoms with E-state index in [0.29, 0.717) is 16.7 Å². The minimum absolute atomic E-state index is 0.129. The Morgan fingerprint density at radius 2 is 1.59 bits per heavy atom. The van der Waals surface area contributed by atoms with Crippen molar-refractivity contribution in [2.24, 2.45) is 0 Å². The monoisotopic (exact) mass is 677 g/mol. The zero-order chi connectivity index (χ0) is 28.4. The first-order valence-electron chi connectivity index (χ1n) is 12.7. The number of halogens is 2. The highest BCUT2D eigenvalue weighted by molar-refractivity contribution is 9.10. The fourth-order valence-electron chi connectivity index (χ4n) is 4.14. The SMILES string of the molecule is CCCCNC(=O)C(Cc1ccccc1)N(Cc1cccc(Br)c1)C(=O)CN(c1ccccc1Br)S(C)(=O)=O. The van der Waals surface area contributed by atoms with Crippen LogP contribution in [-0.4, -0.2) is 50.5 Å². The summed E-state index contributed by atoms with van der Waals surface area (Å²) in [5, 5.41) is 2.98. The van der Waals surface area contributed by atoms with Crippen molar-refractivity contribution in [1.29, 1.82) is 0 Å². The molecule has 0 aliphatic rings. The highest BCUT2D eigenvalue weighted by Crippen LogP contribution is 2.28. The van der Waals surface area contributed by atoms with Gasteiger partial charge in [-0.05, 0) is 57.7 Å². The summed E-state index contributed by atoms with van der Waals surface area (Å²) in [5.41, 5.74) is 2.05. The van der Waals surface area contributed by atoms with Crippen molar-refractivity contribution in [2.45, 2.75) is 38.8 Å². The van der Waals surface area contributed by atoms with Gasteiger partial charge in [-0.15, -0.1) is 0 Å². The van der Waals surface area contributed by atoms with Crippen molar-refractivity contribution in [3.63, 3.8) is 0 Å². The van der Waals surface area contributed by atoms with Gasteiger partial charge in [0.1, 0.15) is 12.6 Å². The van der Waals surface area contributed by atoms with E-state index in [1.54, 1.807) is 24.3 Å². The molecule has 1 atom stereocenters. The molecule has 0 spiro atoms. The zero-order valence-electron chi connectivity index (χ0n) is 22.0. The summed E-state index contributed by atoms with van der Waals surface area (Å²) in [6, 6.07) is 23.0. The van der Waals surface area contributed by atoms with Crippen molar-refractivity contribution < 1.29 is 18.0 Å². The van der Waals surface area contributed by atoms with Crippen molar-refractivity contribution >= 4 is 59.4 Å². The Kier molecular flexibility index (Phi) is 11.6. The Bertz CT molecular complexity index is 1370. The number of nitrogens with one attached hydrogen (secondary N) is 1. The lowest BCUT2D eigenvalue weighted by Crippen LogP contribution is -2.53. The summed E-state index contributed by atoms with van der Waals surface area (Å²) in [7, 11) is -3.82. The van der Waals surface area contributed by atoms with Gasteiger partial charge in [0.2, 0.25) is 21.8 Å².